The maximum atomic E-state index is 5.11. The van der Waals surface area contributed by atoms with Crippen LogP contribution in [0.1, 0.15) is 20.3 Å². The van der Waals surface area contributed by atoms with Gasteiger partial charge in [-0.1, -0.05) is 13.8 Å². The molecule has 0 bridgehead atoms. The molecule has 1 aliphatic rings. The number of aromatic amines is 1. The number of aromatic nitrogens is 3. The van der Waals surface area contributed by atoms with Crippen molar-refractivity contribution in [3.63, 3.8) is 0 Å². The standard InChI is InChI=1S/C10H18N4S/c1-7(2)8-4-5-14(6-8)9-11-12-10(15)13(9)3/h7-8H,4-6H2,1-3H3,(H,12,15). The van der Waals surface area contributed by atoms with Crippen molar-refractivity contribution in [1.82, 2.24) is 14.8 Å². The molecule has 2 rings (SSSR count). The summed E-state index contributed by atoms with van der Waals surface area (Å²) in [5.41, 5.74) is 0. The number of hydrogen-bond donors (Lipinski definition) is 1. The molecule has 15 heavy (non-hydrogen) atoms. The third-order valence-corrected chi connectivity index (χ3v) is 3.67. The summed E-state index contributed by atoms with van der Waals surface area (Å²) in [5.74, 6) is 2.51. The van der Waals surface area contributed by atoms with Gasteiger partial charge in [-0.15, -0.1) is 5.10 Å². The van der Waals surface area contributed by atoms with E-state index < -0.39 is 0 Å². The molecule has 1 N–H and O–H groups in total. The van der Waals surface area contributed by atoms with Crippen LogP contribution in [0.2, 0.25) is 0 Å². The molecule has 1 fully saturated rings. The predicted octanol–water partition coefficient (Wildman–Crippen LogP) is 1.96. The minimum atomic E-state index is 0.693. The van der Waals surface area contributed by atoms with Gasteiger partial charge in [0.25, 0.3) is 0 Å². The molecule has 0 spiro atoms. The number of hydrogen-bond acceptors (Lipinski definition) is 3. The van der Waals surface area contributed by atoms with E-state index >= 15 is 0 Å². The van der Waals surface area contributed by atoms with E-state index in [9.17, 15) is 0 Å². The van der Waals surface area contributed by atoms with Crippen molar-refractivity contribution < 1.29 is 0 Å². The first-order chi connectivity index (χ1) is 7.09. The Balaban J connectivity index is 2.14. The van der Waals surface area contributed by atoms with Gasteiger partial charge < -0.3 is 4.90 Å². The molecule has 4 nitrogen and oxygen atoms in total. The number of anilines is 1. The average Bonchev–Trinajstić information content (AvgIpc) is 2.76. The van der Waals surface area contributed by atoms with E-state index in [1.54, 1.807) is 0 Å². The zero-order chi connectivity index (χ0) is 11.0. The summed E-state index contributed by atoms with van der Waals surface area (Å²) in [6.07, 6.45) is 1.26. The first-order valence-corrected chi connectivity index (χ1v) is 5.86. The Hall–Kier alpha value is -0.840. The SMILES string of the molecule is CC(C)C1CCN(c2n[nH]c(=S)n2C)C1. The van der Waals surface area contributed by atoms with E-state index in [1.165, 1.54) is 6.42 Å². The highest BCUT2D eigenvalue weighted by atomic mass is 32.1. The van der Waals surface area contributed by atoms with Crippen LogP contribution < -0.4 is 4.90 Å². The topological polar surface area (TPSA) is 36.9 Å². The first kappa shape index (κ1) is 10.7. The van der Waals surface area contributed by atoms with Crippen LogP contribution in [0.3, 0.4) is 0 Å². The average molecular weight is 226 g/mol. The van der Waals surface area contributed by atoms with Crippen molar-refractivity contribution in [3.05, 3.63) is 4.77 Å². The molecule has 1 saturated heterocycles. The van der Waals surface area contributed by atoms with Crippen LogP contribution in [0.4, 0.5) is 5.95 Å². The van der Waals surface area contributed by atoms with Crippen LogP contribution in [0.15, 0.2) is 0 Å². The number of nitrogens with zero attached hydrogens (tertiary/aromatic N) is 3. The molecule has 1 atom stereocenters. The van der Waals surface area contributed by atoms with Crippen LogP contribution in [0, 0.1) is 16.6 Å². The monoisotopic (exact) mass is 226 g/mol. The summed E-state index contributed by atoms with van der Waals surface area (Å²) >= 11 is 5.11. The zero-order valence-electron chi connectivity index (χ0n) is 9.53. The minimum Gasteiger partial charge on any atom is -0.341 e. The van der Waals surface area contributed by atoms with E-state index in [0.29, 0.717) is 4.77 Å². The molecule has 2 heterocycles. The summed E-state index contributed by atoms with van der Waals surface area (Å²) in [4.78, 5) is 2.32. The lowest BCUT2D eigenvalue weighted by Gasteiger charge is -2.18. The molecule has 0 saturated carbocycles. The number of H-pyrrole nitrogens is 1. The van der Waals surface area contributed by atoms with E-state index in [-0.39, 0.29) is 0 Å². The molecule has 1 unspecified atom stereocenters. The lowest BCUT2D eigenvalue weighted by atomic mass is 9.95. The van der Waals surface area contributed by atoms with Crippen molar-refractivity contribution in [2.45, 2.75) is 20.3 Å². The Bertz CT molecular complexity index is 392. The van der Waals surface area contributed by atoms with Crippen LogP contribution in [0.25, 0.3) is 0 Å². The molecule has 1 aliphatic heterocycles. The Morgan fingerprint density at radius 1 is 1.53 bits per heavy atom. The first-order valence-electron chi connectivity index (χ1n) is 5.46. The Morgan fingerprint density at radius 2 is 2.27 bits per heavy atom. The van der Waals surface area contributed by atoms with Crippen molar-refractivity contribution >= 4 is 18.2 Å². The Kier molecular flexibility index (Phi) is 2.82. The Labute approximate surface area is 95.3 Å². The lowest BCUT2D eigenvalue weighted by molar-refractivity contribution is 0.422. The zero-order valence-corrected chi connectivity index (χ0v) is 10.3. The van der Waals surface area contributed by atoms with Crippen LogP contribution in [-0.2, 0) is 7.05 Å². The van der Waals surface area contributed by atoms with Gasteiger partial charge in [0.05, 0.1) is 0 Å². The van der Waals surface area contributed by atoms with Gasteiger partial charge in [-0.2, -0.15) is 0 Å². The summed E-state index contributed by atoms with van der Waals surface area (Å²) in [6.45, 7) is 6.77. The van der Waals surface area contributed by atoms with Crippen LogP contribution in [0.5, 0.6) is 0 Å². The van der Waals surface area contributed by atoms with Gasteiger partial charge in [0.1, 0.15) is 0 Å². The third-order valence-electron chi connectivity index (χ3n) is 3.31. The lowest BCUT2D eigenvalue weighted by Crippen LogP contribution is -2.24. The molecule has 5 heteroatoms. The second kappa shape index (κ2) is 3.96. The molecule has 0 radical (unpaired) electrons. The van der Waals surface area contributed by atoms with E-state index in [2.05, 4.69) is 28.9 Å². The second-order valence-electron chi connectivity index (χ2n) is 4.63. The molecular weight excluding hydrogens is 208 g/mol. The fraction of sp³-hybridized carbons (Fsp3) is 0.800. The summed E-state index contributed by atoms with van der Waals surface area (Å²) in [7, 11) is 1.96. The van der Waals surface area contributed by atoms with Crippen molar-refractivity contribution in [3.8, 4) is 0 Å². The molecule has 84 valence electrons. The normalized spacial score (nSPS) is 21.6. The van der Waals surface area contributed by atoms with Crippen LogP contribution in [-0.4, -0.2) is 27.9 Å². The summed E-state index contributed by atoms with van der Waals surface area (Å²) in [6, 6.07) is 0. The second-order valence-corrected chi connectivity index (χ2v) is 5.01. The van der Waals surface area contributed by atoms with Crippen molar-refractivity contribution in [1.29, 1.82) is 0 Å². The highest BCUT2D eigenvalue weighted by molar-refractivity contribution is 7.71. The third kappa shape index (κ3) is 1.93. The van der Waals surface area contributed by atoms with E-state index in [0.717, 1.165) is 30.9 Å². The molecule has 0 amide bonds. The smallest absolute Gasteiger partial charge is 0.225 e. The molecular formula is C10H18N4S. The molecule has 0 aliphatic carbocycles. The van der Waals surface area contributed by atoms with Gasteiger partial charge in [-0.25, -0.2) is 5.10 Å². The van der Waals surface area contributed by atoms with Gasteiger partial charge >= 0.3 is 0 Å². The maximum Gasteiger partial charge on any atom is 0.225 e. The maximum absolute atomic E-state index is 5.11. The minimum absolute atomic E-state index is 0.693. The number of nitrogens with one attached hydrogen (secondary N) is 1. The van der Waals surface area contributed by atoms with Gasteiger partial charge in [0.2, 0.25) is 5.95 Å². The van der Waals surface area contributed by atoms with Gasteiger partial charge in [-0.05, 0) is 30.5 Å². The van der Waals surface area contributed by atoms with Crippen molar-refractivity contribution in [2.24, 2.45) is 18.9 Å². The quantitative estimate of drug-likeness (QED) is 0.783. The van der Waals surface area contributed by atoms with Crippen LogP contribution >= 0.6 is 12.2 Å². The van der Waals surface area contributed by atoms with Crippen molar-refractivity contribution in [2.75, 3.05) is 18.0 Å². The summed E-state index contributed by atoms with van der Waals surface area (Å²) in [5, 5.41) is 7.09. The fourth-order valence-electron chi connectivity index (χ4n) is 2.13. The van der Waals surface area contributed by atoms with Gasteiger partial charge in [0, 0.05) is 20.1 Å². The fourth-order valence-corrected chi connectivity index (χ4v) is 2.26. The molecule has 1 aromatic rings. The Morgan fingerprint density at radius 3 is 2.73 bits per heavy atom. The highest BCUT2D eigenvalue weighted by Crippen LogP contribution is 2.26. The highest BCUT2D eigenvalue weighted by Gasteiger charge is 2.27. The number of rotatable bonds is 2. The predicted molar refractivity (Wildman–Crippen MR) is 63.6 cm³/mol. The van der Waals surface area contributed by atoms with E-state index in [4.69, 9.17) is 12.2 Å². The molecule has 0 aromatic carbocycles. The van der Waals surface area contributed by atoms with Gasteiger partial charge in [-0.3, -0.25) is 4.57 Å². The summed E-state index contributed by atoms with van der Waals surface area (Å²) < 4.78 is 2.64. The van der Waals surface area contributed by atoms with E-state index in [1.807, 2.05) is 11.6 Å². The molecule has 1 aromatic heterocycles. The van der Waals surface area contributed by atoms with Gasteiger partial charge in [0.15, 0.2) is 4.77 Å². The largest absolute Gasteiger partial charge is 0.341 e.